The lowest BCUT2D eigenvalue weighted by Crippen LogP contribution is -2.09. The quantitative estimate of drug-likeness (QED) is 0.830. The fourth-order valence-electron chi connectivity index (χ4n) is 1.85. The van der Waals surface area contributed by atoms with Gasteiger partial charge in [0.15, 0.2) is 0 Å². The normalized spacial score (nSPS) is 12.6. The van der Waals surface area contributed by atoms with Crippen molar-refractivity contribution in [3.05, 3.63) is 28.8 Å². The van der Waals surface area contributed by atoms with E-state index in [1.807, 2.05) is 0 Å². The van der Waals surface area contributed by atoms with Crippen LogP contribution in [0.25, 0.3) is 0 Å². The molecule has 2 nitrogen and oxygen atoms in total. The molecule has 0 heterocycles. The second kappa shape index (κ2) is 5.90. The summed E-state index contributed by atoms with van der Waals surface area (Å²) < 4.78 is 5.39. The van der Waals surface area contributed by atoms with Crippen LogP contribution in [0, 0.1) is 19.8 Å². The molecule has 2 heteroatoms. The van der Waals surface area contributed by atoms with Crippen molar-refractivity contribution in [3.63, 3.8) is 0 Å². The Balaban J connectivity index is 2.97. The van der Waals surface area contributed by atoms with Crippen LogP contribution in [0.4, 0.5) is 0 Å². The molecule has 0 saturated carbocycles. The smallest absolute Gasteiger partial charge is 0.122 e. The van der Waals surface area contributed by atoms with E-state index >= 15 is 0 Å². The van der Waals surface area contributed by atoms with E-state index in [-0.39, 0.29) is 6.61 Å². The van der Waals surface area contributed by atoms with Crippen LogP contribution in [0.2, 0.25) is 0 Å². The fourth-order valence-corrected chi connectivity index (χ4v) is 1.85. The standard InChI is InChI=1S/C14H22O2/c1-5-12(9-15)8-13-6-10(2)11(3)7-14(13)16-4/h6-7,12,15H,5,8-9H2,1-4H3. The van der Waals surface area contributed by atoms with Crippen LogP contribution in [-0.4, -0.2) is 18.8 Å². The van der Waals surface area contributed by atoms with Gasteiger partial charge in [0.2, 0.25) is 0 Å². The number of aliphatic hydroxyl groups is 1. The summed E-state index contributed by atoms with van der Waals surface area (Å²) >= 11 is 0. The number of aryl methyl sites for hydroxylation is 2. The van der Waals surface area contributed by atoms with E-state index in [4.69, 9.17) is 4.74 Å². The Labute approximate surface area is 98.3 Å². The highest BCUT2D eigenvalue weighted by Gasteiger charge is 2.11. The first kappa shape index (κ1) is 13.0. The van der Waals surface area contributed by atoms with Gasteiger partial charge in [-0.05, 0) is 48.9 Å². The summed E-state index contributed by atoms with van der Waals surface area (Å²) in [7, 11) is 1.70. The maximum absolute atomic E-state index is 9.23. The molecule has 0 saturated heterocycles. The topological polar surface area (TPSA) is 29.5 Å². The Morgan fingerprint density at radius 2 is 1.88 bits per heavy atom. The molecule has 0 fully saturated rings. The molecule has 0 aliphatic heterocycles. The average molecular weight is 222 g/mol. The number of hydrogen-bond acceptors (Lipinski definition) is 2. The number of aliphatic hydroxyl groups excluding tert-OH is 1. The van der Waals surface area contributed by atoms with Gasteiger partial charge in [-0.15, -0.1) is 0 Å². The Bertz CT molecular complexity index is 341. The van der Waals surface area contributed by atoms with Crippen molar-refractivity contribution < 1.29 is 9.84 Å². The Morgan fingerprint density at radius 3 is 2.38 bits per heavy atom. The molecule has 0 spiro atoms. The molecular formula is C14H22O2. The first-order valence-electron chi connectivity index (χ1n) is 5.87. The lowest BCUT2D eigenvalue weighted by molar-refractivity contribution is 0.221. The summed E-state index contributed by atoms with van der Waals surface area (Å²) in [5.74, 6) is 1.27. The Hall–Kier alpha value is -1.02. The molecule has 90 valence electrons. The largest absolute Gasteiger partial charge is 0.496 e. The van der Waals surface area contributed by atoms with Gasteiger partial charge in [0.25, 0.3) is 0 Å². The highest BCUT2D eigenvalue weighted by Crippen LogP contribution is 2.26. The third-order valence-electron chi connectivity index (χ3n) is 3.24. The molecule has 0 radical (unpaired) electrons. The van der Waals surface area contributed by atoms with Gasteiger partial charge in [-0.25, -0.2) is 0 Å². The second-order valence-corrected chi connectivity index (χ2v) is 4.41. The van der Waals surface area contributed by atoms with Gasteiger partial charge in [-0.2, -0.15) is 0 Å². The molecule has 1 aromatic carbocycles. The highest BCUT2D eigenvalue weighted by atomic mass is 16.5. The molecule has 0 aliphatic rings. The summed E-state index contributed by atoms with van der Waals surface area (Å²) in [4.78, 5) is 0. The molecule has 0 aromatic heterocycles. The van der Waals surface area contributed by atoms with Crippen molar-refractivity contribution in [2.45, 2.75) is 33.6 Å². The van der Waals surface area contributed by atoms with E-state index in [2.05, 4.69) is 32.9 Å². The third kappa shape index (κ3) is 2.99. The van der Waals surface area contributed by atoms with Crippen molar-refractivity contribution in [2.75, 3.05) is 13.7 Å². The molecule has 0 amide bonds. The van der Waals surface area contributed by atoms with Crippen molar-refractivity contribution in [1.29, 1.82) is 0 Å². The number of hydrogen-bond donors (Lipinski definition) is 1. The first-order chi connectivity index (χ1) is 7.62. The zero-order valence-electron chi connectivity index (χ0n) is 10.7. The highest BCUT2D eigenvalue weighted by molar-refractivity contribution is 5.42. The van der Waals surface area contributed by atoms with Gasteiger partial charge in [0.1, 0.15) is 5.75 Å². The van der Waals surface area contributed by atoms with E-state index in [1.54, 1.807) is 7.11 Å². The lowest BCUT2D eigenvalue weighted by atomic mass is 9.94. The van der Waals surface area contributed by atoms with Crippen LogP contribution < -0.4 is 4.74 Å². The lowest BCUT2D eigenvalue weighted by Gasteiger charge is -2.16. The second-order valence-electron chi connectivity index (χ2n) is 4.41. The number of methoxy groups -OCH3 is 1. The predicted octanol–water partition coefficient (Wildman–Crippen LogP) is 2.87. The molecule has 1 aromatic rings. The first-order valence-corrected chi connectivity index (χ1v) is 5.87. The summed E-state index contributed by atoms with van der Waals surface area (Å²) in [5.41, 5.74) is 3.73. The van der Waals surface area contributed by atoms with Crippen molar-refractivity contribution in [2.24, 2.45) is 5.92 Å². The number of ether oxygens (including phenoxy) is 1. The van der Waals surface area contributed by atoms with Gasteiger partial charge in [0, 0.05) is 6.61 Å². The zero-order valence-corrected chi connectivity index (χ0v) is 10.7. The number of rotatable bonds is 5. The number of benzene rings is 1. The van der Waals surface area contributed by atoms with Gasteiger partial charge in [0.05, 0.1) is 7.11 Å². The maximum atomic E-state index is 9.23. The molecule has 0 aliphatic carbocycles. The van der Waals surface area contributed by atoms with Gasteiger partial charge in [-0.1, -0.05) is 19.4 Å². The molecule has 1 rings (SSSR count). The van der Waals surface area contributed by atoms with Crippen molar-refractivity contribution >= 4 is 0 Å². The van der Waals surface area contributed by atoms with Crippen molar-refractivity contribution in [3.8, 4) is 5.75 Å². The van der Waals surface area contributed by atoms with E-state index in [0.29, 0.717) is 5.92 Å². The molecule has 1 N–H and O–H groups in total. The Kier molecular flexibility index (Phi) is 4.81. The monoisotopic (exact) mass is 222 g/mol. The van der Waals surface area contributed by atoms with Crippen LogP contribution in [0.3, 0.4) is 0 Å². The molecular weight excluding hydrogens is 200 g/mol. The third-order valence-corrected chi connectivity index (χ3v) is 3.24. The van der Waals surface area contributed by atoms with Gasteiger partial charge in [-0.3, -0.25) is 0 Å². The van der Waals surface area contributed by atoms with Crippen LogP contribution >= 0.6 is 0 Å². The SMILES string of the molecule is CCC(CO)Cc1cc(C)c(C)cc1OC. The zero-order chi connectivity index (χ0) is 12.1. The van der Waals surface area contributed by atoms with Crippen LogP contribution in [0.15, 0.2) is 12.1 Å². The maximum Gasteiger partial charge on any atom is 0.122 e. The van der Waals surface area contributed by atoms with Gasteiger partial charge < -0.3 is 9.84 Å². The summed E-state index contributed by atoms with van der Waals surface area (Å²) in [6.45, 7) is 6.55. The minimum atomic E-state index is 0.243. The summed E-state index contributed by atoms with van der Waals surface area (Å²) in [6.07, 6.45) is 1.88. The molecule has 1 unspecified atom stereocenters. The van der Waals surface area contributed by atoms with E-state index in [1.165, 1.54) is 16.7 Å². The average Bonchev–Trinajstić information content (AvgIpc) is 2.29. The van der Waals surface area contributed by atoms with E-state index in [0.717, 1.165) is 18.6 Å². The van der Waals surface area contributed by atoms with Crippen LogP contribution in [0.1, 0.15) is 30.0 Å². The Morgan fingerprint density at radius 1 is 1.25 bits per heavy atom. The molecule has 0 bridgehead atoms. The molecule has 1 atom stereocenters. The summed E-state index contributed by atoms with van der Waals surface area (Å²) in [6, 6.07) is 4.25. The minimum Gasteiger partial charge on any atom is -0.496 e. The van der Waals surface area contributed by atoms with E-state index < -0.39 is 0 Å². The van der Waals surface area contributed by atoms with Crippen LogP contribution in [-0.2, 0) is 6.42 Å². The molecule has 16 heavy (non-hydrogen) atoms. The minimum absolute atomic E-state index is 0.243. The fraction of sp³-hybridized carbons (Fsp3) is 0.571. The van der Waals surface area contributed by atoms with Gasteiger partial charge >= 0.3 is 0 Å². The van der Waals surface area contributed by atoms with Crippen LogP contribution in [0.5, 0.6) is 5.75 Å². The predicted molar refractivity (Wildman–Crippen MR) is 67.0 cm³/mol. The van der Waals surface area contributed by atoms with E-state index in [9.17, 15) is 5.11 Å². The van der Waals surface area contributed by atoms with Crippen molar-refractivity contribution in [1.82, 2.24) is 0 Å². The summed E-state index contributed by atoms with van der Waals surface area (Å²) in [5, 5.41) is 9.23.